The van der Waals surface area contributed by atoms with Crippen LogP contribution in [0.5, 0.6) is 5.88 Å². The zero-order chi connectivity index (χ0) is 15.9. The van der Waals surface area contributed by atoms with Crippen molar-refractivity contribution in [2.24, 2.45) is 0 Å². The average molecular weight is 305 g/mol. The van der Waals surface area contributed by atoms with E-state index >= 15 is 0 Å². The third-order valence-corrected chi connectivity index (χ3v) is 3.84. The number of rotatable bonds is 5. The largest absolute Gasteiger partial charge is 0.480 e. The molecule has 1 fully saturated rings. The molecule has 22 heavy (non-hydrogen) atoms. The molecule has 0 aromatic carbocycles. The smallest absolute Gasteiger partial charge is 0.256 e. The molecule has 120 valence electrons. The summed E-state index contributed by atoms with van der Waals surface area (Å²) in [4.78, 5) is 30.3. The Bertz CT molecular complexity index is 533. The van der Waals surface area contributed by atoms with Gasteiger partial charge in [0.2, 0.25) is 11.8 Å². The molecule has 1 N–H and O–H groups in total. The monoisotopic (exact) mass is 305 g/mol. The maximum absolute atomic E-state index is 12.4. The minimum absolute atomic E-state index is 0.00298. The fourth-order valence-corrected chi connectivity index (χ4v) is 2.68. The normalized spacial score (nSPS) is 18.7. The topological polar surface area (TPSA) is 71.5 Å². The summed E-state index contributed by atoms with van der Waals surface area (Å²) in [5.41, 5.74) is 0.422. The quantitative estimate of drug-likeness (QED) is 0.897. The van der Waals surface area contributed by atoms with E-state index in [0.717, 1.165) is 19.4 Å². The summed E-state index contributed by atoms with van der Waals surface area (Å²) in [6.07, 6.45) is 4.47. The van der Waals surface area contributed by atoms with Gasteiger partial charge in [0.15, 0.2) is 0 Å². The van der Waals surface area contributed by atoms with Gasteiger partial charge in [-0.25, -0.2) is 4.98 Å². The molecule has 1 aromatic rings. The van der Waals surface area contributed by atoms with Gasteiger partial charge >= 0.3 is 0 Å². The van der Waals surface area contributed by atoms with E-state index in [4.69, 9.17) is 4.74 Å². The zero-order valence-electron chi connectivity index (χ0n) is 13.2. The van der Waals surface area contributed by atoms with Gasteiger partial charge < -0.3 is 15.0 Å². The molecule has 2 heterocycles. The summed E-state index contributed by atoms with van der Waals surface area (Å²) in [6, 6.07) is 3.40. The Hall–Kier alpha value is -2.11. The van der Waals surface area contributed by atoms with Crippen LogP contribution in [0, 0.1) is 0 Å². The lowest BCUT2D eigenvalue weighted by molar-refractivity contribution is -0.130. The van der Waals surface area contributed by atoms with Gasteiger partial charge in [-0.2, -0.15) is 0 Å². The van der Waals surface area contributed by atoms with Crippen LogP contribution in [0.4, 0.5) is 0 Å². The number of likely N-dealkylation sites (tertiary alicyclic amines) is 1. The van der Waals surface area contributed by atoms with E-state index in [9.17, 15) is 9.59 Å². The Labute approximate surface area is 130 Å². The number of carbonyl (C=O) groups is 2. The molecule has 0 saturated carbocycles. The van der Waals surface area contributed by atoms with Crippen molar-refractivity contribution in [2.75, 3.05) is 20.2 Å². The predicted molar refractivity (Wildman–Crippen MR) is 82.8 cm³/mol. The van der Waals surface area contributed by atoms with Gasteiger partial charge in [-0.1, -0.05) is 6.92 Å². The number of amides is 2. The SMILES string of the molecule is CCCN1CCC(NC(=O)c2cccnc2OC)CCC1=O. The fourth-order valence-electron chi connectivity index (χ4n) is 2.68. The summed E-state index contributed by atoms with van der Waals surface area (Å²) in [5.74, 6) is 0.293. The number of hydrogen-bond acceptors (Lipinski definition) is 4. The van der Waals surface area contributed by atoms with Crippen LogP contribution in [-0.4, -0.2) is 47.9 Å². The Balaban J connectivity index is 1.98. The van der Waals surface area contributed by atoms with Gasteiger partial charge in [-0.05, 0) is 31.4 Å². The van der Waals surface area contributed by atoms with Crippen LogP contribution in [0.3, 0.4) is 0 Å². The van der Waals surface area contributed by atoms with Crippen LogP contribution in [0.1, 0.15) is 43.0 Å². The molecule has 1 unspecified atom stereocenters. The number of methoxy groups -OCH3 is 1. The van der Waals surface area contributed by atoms with Crippen LogP contribution in [0.15, 0.2) is 18.3 Å². The Morgan fingerprint density at radius 1 is 1.50 bits per heavy atom. The summed E-state index contributed by atoms with van der Waals surface area (Å²) in [6.45, 7) is 3.55. The molecule has 6 nitrogen and oxygen atoms in total. The van der Waals surface area contributed by atoms with Crippen molar-refractivity contribution in [3.63, 3.8) is 0 Å². The molecule has 1 aliphatic heterocycles. The molecular formula is C16H23N3O3. The number of nitrogens with zero attached hydrogens (tertiary/aromatic N) is 2. The second-order valence-corrected chi connectivity index (χ2v) is 5.44. The molecule has 0 radical (unpaired) electrons. The van der Waals surface area contributed by atoms with E-state index < -0.39 is 0 Å². The molecule has 1 saturated heterocycles. The minimum atomic E-state index is -0.202. The third kappa shape index (κ3) is 3.96. The van der Waals surface area contributed by atoms with Gasteiger partial charge in [0.05, 0.1) is 7.11 Å². The lowest BCUT2D eigenvalue weighted by Crippen LogP contribution is -2.36. The highest BCUT2D eigenvalue weighted by Crippen LogP contribution is 2.16. The van der Waals surface area contributed by atoms with Crippen molar-refractivity contribution in [3.8, 4) is 5.88 Å². The van der Waals surface area contributed by atoms with Crippen LogP contribution < -0.4 is 10.1 Å². The van der Waals surface area contributed by atoms with E-state index in [-0.39, 0.29) is 17.9 Å². The van der Waals surface area contributed by atoms with Gasteiger partial charge in [-0.15, -0.1) is 0 Å². The first-order chi connectivity index (χ1) is 10.7. The number of carbonyl (C=O) groups excluding carboxylic acids is 2. The standard InChI is InChI=1S/C16H23N3O3/c1-3-10-19-11-8-12(6-7-14(19)20)18-15(21)13-5-4-9-17-16(13)22-2/h4-5,9,12H,3,6-8,10-11H2,1-2H3,(H,18,21). The Morgan fingerprint density at radius 2 is 2.32 bits per heavy atom. The summed E-state index contributed by atoms with van der Waals surface area (Å²) in [7, 11) is 1.49. The lowest BCUT2D eigenvalue weighted by atomic mass is 10.1. The predicted octanol–water partition coefficient (Wildman–Crippen LogP) is 1.61. The minimum Gasteiger partial charge on any atom is -0.480 e. The molecule has 2 rings (SSSR count). The van der Waals surface area contributed by atoms with Crippen LogP contribution >= 0.6 is 0 Å². The van der Waals surface area contributed by atoms with Crippen molar-refractivity contribution in [1.82, 2.24) is 15.2 Å². The van der Waals surface area contributed by atoms with Crippen molar-refractivity contribution in [3.05, 3.63) is 23.9 Å². The third-order valence-electron chi connectivity index (χ3n) is 3.84. The van der Waals surface area contributed by atoms with Gasteiger partial charge in [-0.3, -0.25) is 9.59 Å². The molecule has 6 heteroatoms. The van der Waals surface area contributed by atoms with Crippen molar-refractivity contribution in [1.29, 1.82) is 0 Å². The first-order valence-electron chi connectivity index (χ1n) is 7.73. The highest BCUT2D eigenvalue weighted by Gasteiger charge is 2.24. The van der Waals surface area contributed by atoms with E-state index in [1.54, 1.807) is 18.3 Å². The lowest BCUT2D eigenvalue weighted by Gasteiger charge is -2.20. The highest BCUT2D eigenvalue weighted by molar-refractivity contribution is 5.96. The molecule has 1 aliphatic rings. The van der Waals surface area contributed by atoms with Gasteiger partial charge in [0, 0.05) is 31.7 Å². The molecule has 0 aliphatic carbocycles. The van der Waals surface area contributed by atoms with Gasteiger partial charge in [0.1, 0.15) is 5.56 Å². The second kappa shape index (κ2) is 7.77. The molecule has 1 aromatic heterocycles. The van der Waals surface area contributed by atoms with E-state index in [0.29, 0.717) is 30.8 Å². The van der Waals surface area contributed by atoms with Crippen molar-refractivity contribution >= 4 is 11.8 Å². The van der Waals surface area contributed by atoms with Crippen LogP contribution in [0.2, 0.25) is 0 Å². The van der Waals surface area contributed by atoms with Crippen LogP contribution in [-0.2, 0) is 4.79 Å². The fraction of sp³-hybridized carbons (Fsp3) is 0.562. The number of aromatic nitrogens is 1. The molecule has 2 amide bonds. The molecule has 0 bridgehead atoms. The van der Waals surface area contributed by atoms with E-state index in [2.05, 4.69) is 17.2 Å². The Kier molecular flexibility index (Phi) is 5.75. The summed E-state index contributed by atoms with van der Waals surface area (Å²) in [5, 5.41) is 3.00. The van der Waals surface area contributed by atoms with Crippen molar-refractivity contribution < 1.29 is 14.3 Å². The summed E-state index contributed by atoms with van der Waals surface area (Å²) >= 11 is 0. The van der Waals surface area contributed by atoms with E-state index in [1.165, 1.54) is 7.11 Å². The van der Waals surface area contributed by atoms with Crippen LogP contribution in [0.25, 0.3) is 0 Å². The maximum Gasteiger partial charge on any atom is 0.256 e. The van der Waals surface area contributed by atoms with Crippen molar-refractivity contribution in [2.45, 2.75) is 38.6 Å². The molecular weight excluding hydrogens is 282 g/mol. The second-order valence-electron chi connectivity index (χ2n) is 5.44. The summed E-state index contributed by atoms with van der Waals surface area (Å²) < 4.78 is 5.11. The number of pyridine rings is 1. The Morgan fingerprint density at radius 3 is 3.05 bits per heavy atom. The number of ether oxygens (including phenoxy) is 1. The van der Waals surface area contributed by atoms with Gasteiger partial charge in [0.25, 0.3) is 5.91 Å². The number of nitrogens with one attached hydrogen (secondary N) is 1. The highest BCUT2D eigenvalue weighted by atomic mass is 16.5. The maximum atomic E-state index is 12.4. The first kappa shape index (κ1) is 16.3. The molecule has 1 atom stereocenters. The molecule has 0 spiro atoms. The number of hydrogen-bond donors (Lipinski definition) is 1. The van der Waals surface area contributed by atoms with E-state index in [1.807, 2.05) is 4.90 Å². The average Bonchev–Trinajstić information content (AvgIpc) is 2.71. The zero-order valence-corrected chi connectivity index (χ0v) is 13.2. The first-order valence-corrected chi connectivity index (χ1v) is 7.73.